The molecule has 0 bridgehead atoms. The quantitative estimate of drug-likeness (QED) is 0.474. The van der Waals surface area contributed by atoms with Crippen LogP contribution in [0.3, 0.4) is 0 Å². The van der Waals surface area contributed by atoms with Crippen LogP contribution in [-0.4, -0.2) is 16.2 Å². The van der Waals surface area contributed by atoms with Gasteiger partial charge in [-0.3, -0.25) is 4.79 Å². The standard InChI is InChI=1S/C22H26N2OS2/c1-3-18-12-8-13-19-21(18)24(4-2)22(27-19)23-20(25)14-9-15-26-16-17-10-6-5-7-11-17/h5-8,10-13H,3-4,9,14-16H2,1-2H3. The number of thiazole rings is 1. The van der Waals surface area contributed by atoms with Crippen LogP contribution in [-0.2, 0) is 23.5 Å². The van der Waals surface area contributed by atoms with Crippen molar-refractivity contribution in [2.24, 2.45) is 4.99 Å². The number of benzene rings is 2. The molecule has 0 saturated carbocycles. The van der Waals surface area contributed by atoms with E-state index in [1.165, 1.54) is 21.3 Å². The minimum Gasteiger partial charge on any atom is -0.316 e. The van der Waals surface area contributed by atoms with Crippen LogP contribution in [0.4, 0.5) is 0 Å². The molecule has 3 nitrogen and oxygen atoms in total. The summed E-state index contributed by atoms with van der Waals surface area (Å²) in [7, 11) is 0. The first kappa shape index (κ1) is 19.9. The number of fused-ring (bicyclic) bond motifs is 1. The molecule has 0 aliphatic carbocycles. The largest absolute Gasteiger partial charge is 0.316 e. The van der Waals surface area contributed by atoms with E-state index in [4.69, 9.17) is 0 Å². The van der Waals surface area contributed by atoms with E-state index in [1.807, 2.05) is 17.8 Å². The number of hydrogen-bond acceptors (Lipinski definition) is 3. The molecule has 142 valence electrons. The smallest absolute Gasteiger partial charge is 0.248 e. The summed E-state index contributed by atoms with van der Waals surface area (Å²) < 4.78 is 3.39. The molecule has 0 N–H and O–H groups in total. The van der Waals surface area contributed by atoms with Gasteiger partial charge in [-0.15, -0.1) is 0 Å². The van der Waals surface area contributed by atoms with E-state index in [0.717, 1.165) is 35.7 Å². The molecule has 1 amide bonds. The highest BCUT2D eigenvalue weighted by molar-refractivity contribution is 7.98. The van der Waals surface area contributed by atoms with Crippen LogP contribution in [0.1, 0.15) is 37.8 Å². The van der Waals surface area contributed by atoms with Crippen molar-refractivity contribution in [1.82, 2.24) is 4.57 Å². The number of aryl methyl sites for hydroxylation is 2. The van der Waals surface area contributed by atoms with Gasteiger partial charge in [0.1, 0.15) is 0 Å². The summed E-state index contributed by atoms with van der Waals surface area (Å²) in [5.41, 5.74) is 3.88. The van der Waals surface area contributed by atoms with Crippen molar-refractivity contribution in [3.8, 4) is 0 Å². The SMILES string of the molecule is CCc1cccc2sc(=NC(=O)CCCSCc3ccccc3)n(CC)c12. The first-order valence-electron chi connectivity index (χ1n) is 9.53. The summed E-state index contributed by atoms with van der Waals surface area (Å²) in [4.78, 5) is 17.6. The molecule has 1 aromatic heterocycles. The maximum atomic E-state index is 12.4. The van der Waals surface area contributed by atoms with Crippen LogP contribution in [0.15, 0.2) is 53.5 Å². The van der Waals surface area contributed by atoms with Gasteiger partial charge in [0.25, 0.3) is 0 Å². The Morgan fingerprint density at radius 2 is 1.93 bits per heavy atom. The summed E-state index contributed by atoms with van der Waals surface area (Å²) in [6.07, 6.45) is 2.37. The molecule has 1 heterocycles. The fourth-order valence-corrected chi connectivity index (χ4v) is 5.20. The van der Waals surface area contributed by atoms with E-state index < -0.39 is 0 Å². The maximum absolute atomic E-state index is 12.4. The molecule has 27 heavy (non-hydrogen) atoms. The normalized spacial score (nSPS) is 12.0. The monoisotopic (exact) mass is 398 g/mol. The molecule has 0 unspecified atom stereocenters. The van der Waals surface area contributed by atoms with Gasteiger partial charge in [0, 0.05) is 18.7 Å². The van der Waals surface area contributed by atoms with E-state index in [2.05, 4.69) is 65.9 Å². The predicted octanol–water partition coefficient (Wildman–Crippen LogP) is 5.43. The van der Waals surface area contributed by atoms with Crippen molar-refractivity contribution in [3.63, 3.8) is 0 Å². The van der Waals surface area contributed by atoms with Gasteiger partial charge in [-0.05, 0) is 42.7 Å². The summed E-state index contributed by atoms with van der Waals surface area (Å²) >= 11 is 3.49. The van der Waals surface area contributed by atoms with Gasteiger partial charge in [-0.25, -0.2) is 0 Å². The number of rotatable bonds is 8. The van der Waals surface area contributed by atoms with Crippen LogP contribution >= 0.6 is 23.1 Å². The number of hydrogen-bond donors (Lipinski definition) is 0. The Hall–Kier alpha value is -1.85. The minimum absolute atomic E-state index is 0.0119. The highest BCUT2D eigenvalue weighted by Crippen LogP contribution is 2.22. The molecular weight excluding hydrogens is 372 g/mol. The number of carbonyl (C=O) groups is 1. The Bertz CT molecular complexity index is 957. The summed E-state index contributed by atoms with van der Waals surface area (Å²) in [5.74, 6) is 1.97. The molecule has 0 fully saturated rings. The lowest BCUT2D eigenvalue weighted by Gasteiger charge is -2.05. The Kier molecular flexibility index (Phi) is 7.30. The molecule has 2 aromatic carbocycles. The van der Waals surface area contributed by atoms with Crippen LogP contribution in [0, 0.1) is 0 Å². The third-order valence-corrected chi connectivity index (χ3v) is 6.65. The van der Waals surface area contributed by atoms with Gasteiger partial charge in [0.15, 0.2) is 4.80 Å². The lowest BCUT2D eigenvalue weighted by molar-refractivity contribution is -0.118. The highest BCUT2D eigenvalue weighted by atomic mass is 32.2. The zero-order valence-electron chi connectivity index (χ0n) is 16.0. The lowest BCUT2D eigenvalue weighted by atomic mass is 10.1. The Balaban J connectivity index is 1.61. The first-order valence-corrected chi connectivity index (χ1v) is 11.5. The maximum Gasteiger partial charge on any atom is 0.248 e. The molecule has 5 heteroatoms. The third kappa shape index (κ3) is 5.11. The van der Waals surface area contributed by atoms with Crippen molar-refractivity contribution >= 4 is 39.2 Å². The van der Waals surface area contributed by atoms with Crippen molar-refractivity contribution in [2.45, 2.75) is 45.4 Å². The average molecular weight is 399 g/mol. The van der Waals surface area contributed by atoms with Crippen LogP contribution in [0.5, 0.6) is 0 Å². The topological polar surface area (TPSA) is 34.4 Å². The molecule has 3 rings (SSSR count). The van der Waals surface area contributed by atoms with Gasteiger partial charge in [-0.1, -0.05) is 60.7 Å². The van der Waals surface area contributed by atoms with Crippen molar-refractivity contribution in [3.05, 3.63) is 64.5 Å². The summed E-state index contributed by atoms with van der Waals surface area (Å²) in [6.45, 7) is 5.11. The van der Waals surface area contributed by atoms with Gasteiger partial charge in [0.2, 0.25) is 5.91 Å². The van der Waals surface area contributed by atoms with Crippen LogP contribution < -0.4 is 4.80 Å². The Morgan fingerprint density at radius 3 is 2.67 bits per heavy atom. The van der Waals surface area contributed by atoms with E-state index in [1.54, 1.807) is 11.3 Å². The third-order valence-electron chi connectivity index (χ3n) is 4.49. The second kappa shape index (κ2) is 9.90. The number of aromatic nitrogens is 1. The summed E-state index contributed by atoms with van der Waals surface area (Å²) in [5, 5.41) is 0. The lowest BCUT2D eigenvalue weighted by Crippen LogP contribution is -2.16. The fourth-order valence-electron chi connectivity index (χ4n) is 3.12. The van der Waals surface area contributed by atoms with Crippen LogP contribution in [0.2, 0.25) is 0 Å². The first-order chi connectivity index (χ1) is 13.2. The zero-order valence-corrected chi connectivity index (χ0v) is 17.6. The van der Waals surface area contributed by atoms with Gasteiger partial charge < -0.3 is 4.57 Å². The molecular formula is C22H26N2OS2. The molecule has 0 aliphatic heterocycles. The van der Waals surface area contributed by atoms with Gasteiger partial charge >= 0.3 is 0 Å². The molecule has 0 atom stereocenters. The fraction of sp³-hybridized carbons (Fsp3) is 0.364. The van der Waals surface area contributed by atoms with Gasteiger partial charge in [-0.2, -0.15) is 16.8 Å². The number of amides is 1. The highest BCUT2D eigenvalue weighted by Gasteiger charge is 2.09. The van der Waals surface area contributed by atoms with E-state index in [-0.39, 0.29) is 5.91 Å². The van der Waals surface area contributed by atoms with Crippen molar-refractivity contribution in [1.29, 1.82) is 0 Å². The number of carbonyl (C=O) groups excluding carboxylic acids is 1. The molecule has 3 aromatic rings. The Labute approximate surface area is 169 Å². The second-order valence-electron chi connectivity index (χ2n) is 6.39. The second-order valence-corrected chi connectivity index (χ2v) is 8.51. The summed E-state index contributed by atoms with van der Waals surface area (Å²) in [6, 6.07) is 16.8. The predicted molar refractivity (Wildman–Crippen MR) is 117 cm³/mol. The van der Waals surface area contributed by atoms with E-state index >= 15 is 0 Å². The van der Waals surface area contributed by atoms with E-state index in [9.17, 15) is 4.79 Å². The Morgan fingerprint density at radius 1 is 1.11 bits per heavy atom. The molecule has 0 saturated heterocycles. The number of para-hydroxylation sites is 1. The van der Waals surface area contributed by atoms with E-state index in [0.29, 0.717) is 6.42 Å². The zero-order chi connectivity index (χ0) is 19.1. The minimum atomic E-state index is -0.0119. The van der Waals surface area contributed by atoms with Gasteiger partial charge in [0.05, 0.1) is 10.2 Å². The average Bonchev–Trinajstić information content (AvgIpc) is 3.05. The number of thioether (sulfide) groups is 1. The molecule has 0 aliphatic rings. The molecule has 0 spiro atoms. The number of nitrogens with zero attached hydrogens (tertiary/aromatic N) is 2. The van der Waals surface area contributed by atoms with Crippen LogP contribution in [0.25, 0.3) is 10.2 Å². The molecule has 0 radical (unpaired) electrons. The van der Waals surface area contributed by atoms with Crippen molar-refractivity contribution in [2.75, 3.05) is 5.75 Å². The van der Waals surface area contributed by atoms with Crippen molar-refractivity contribution < 1.29 is 4.79 Å².